The molecule has 0 bridgehead atoms. The second-order valence-electron chi connectivity index (χ2n) is 6.35. The first-order valence-corrected chi connectivity index (χ1v) is 9.46. The van der Waals surface area contributed by atoms with Crippen molar-refractivity contribution in [1.82, 2.24) is 9.88 Å². The van der Waals surface area contributed by atoms with Crippen molar-refractivity contribution >= 4 is 23.3 Å². The lowest BCUT2D eigenvalue weighted by molar-refractivity contribution is 0.189. The highest BCUT2D eigenvalue weighted by molar-refractivity contribution is 6.32. The van der Waals surface area contributed by atoms with E-state index in [2.05, 4.69) is 10.3 Å². The smallest absolute Gasteiger partial charge is 0.322 e. The third-order valence-electron chi connectivity index (χ3n) is 4.59. The van der Waals surface area contributed by atoms with Crippen LogP contribution in [-0.2, 0) is 0 Å². The van der Waals surface area contributed by atoms with Gasteiger partial charge in [-0.2, -0.15) is 0 Å². The zero-order chi connectivity index (χ0) is 18.4. The molecule has 5 nitrogen and oxygen atoms in total. The number of aromatic nitrogens is 1. The maximum Gasteiger partial charge on any atom is 0.322 e. The SMILES string of the molecule is CCOc1ccc(NC(=O)N2CCCCCC2c2ccncc2)cc1Cl. The summed E-state index contributed by atoms with van der Waals surface area (Å²) in [5.74, 6) is 0.622. The van der Waals surface area contributed by atoms with E-state index in [1.165, 1.54) is 0 Å². The molecule has 2 heterocycles. The first-order valence-electron chi connectivity index (χ1n) is 9.09. The maximum atomic E-state index is 13.0. The summed E-state index contributed by atoms with van der Waals surface area (Å²) in [6.07, 6.45) is 7.79. The van der Waals surface area contributed by atoms with Crippen molar-refractivity contribution in [2.75, 3.05) is 18.5 Å². The summed E-state index contributed by atoms with van der Waals surface area (Å²) in [6, 6.07) is 9.27. The van der Waals surface area contributed by atoms with Crippen molar-refractivity contribution in [2.45, 2.75) is 38.6 Å². The van der Waals surface area contributed by atoms with Crippen LogP contribution in [0.2, 0.25) is 5.02 Å². The standard InChI is InChI=1S/C20H24ClN3O2/c1-2-26-19-8-7-16(14-17(19)21)23-20(25)24-13-5-3-4-6-18(24)15-9-11-22-12-10-15/h7-12,14,18H,2-6,13H2,1H3,(H,23,25). The molecule has 3 rings (SSSR count). The van der Waals surface area contributed by atoms with Gasteiger partial charge in [-0.1, -0.05) is 24.4 Å². The van der Waals surface area contributed by atoms with Gasteiger partial charge in [0.2, 0.25) is 0 Å². The van der Waals surface area contributed by atoms with Gasteiger partial charge < -0.3 is 15.0 Å². The molecule has 1 atom stereocenters. The number of hydrogen-bond acceptors (Lipinski definition) is 3. The summed E-state index contributed by atoms with van der Waals surface area (Å²) < 4.78 is 5.44. The number of amides is 2. The van der Waals surface area contributed by atoms with Crippen molar-refractivity contribution in [3.8, 4) is 5.75 Å². The molecule has 6 heteroatoms. The molecule has 1 aliphatic rings. The van der Waals surface area contributed by atoms with Crippen LogP contribution >= 0.6 is 11.6 Å². The van der Waals surface area contributed by atoms with Crippen LogP contribution in [-0.4, -0.2) is 29.1 Å². The number of ether oxygens (including phenoxy) is 1. The number of pyridine rings is 1. The largest absolute Gasteiger partial charge is 0.492 e. The number of benzene rings is 1. The van der Waals surface area contributed by atoms with E-state index in [-0.39, 0.29) is 12.1 Å². The van der Waals surface area contributed by atoms with Gasteiger partial charge in [0.05, 0.1) is 17.7 Å². The van der Waals surface area contributed by atoms with Crippen LogP contribution in [0.5, 0.6) is 5.75 Å². The molecular formula is C20H24ClN3O2. The molecule has 0 radical (unpaired) electrons. The highest BCUT2D eigenvalue weighted by Gasteiger charge is 2.26. The molecule has 0 saturated carbocycles. The first kappa shape index (κ1) is 18.5. The Kier molecular flexibility index (Phi) is 6.34. The number of nitrogens with zero attached hydrogens (tertiary/aromatic N) is 2. The molecule has 138 valence electrons. The second kappa shape index (κ2) is 8.90. The minimum Gasteiger partial charge on any atom is -0.492 e. The summed E-state index contributed by atoms with van der Waals surface area (Å²) in [4.78, 5) is 19.0. The van der Waals surface area contributed by atoms with E-state index in [0.717, 1.165) is 37.8 Å². The molecule has 1 aromatic heterocycles. The van der Waals surface area contributed by atoms with Crippen LogP contribution in [0.15, 0.2) is 42.7 Å². The Bertz CT molecular complexity index is 739. The van der Waals surface area contributed by atoms with Crippen molar-refractivity contribution < 1.29 is 9.53 Å². The number of urea groups is 1. The predicted octanol–water partition coefficient (Wildman–Crippen LogP) is 5.28. The zero-order valence-corrected chi connectivity index (χ0v) is 15.7. The van der Waals surface area contributed by atoms with Crippen molar-refractivity contribution in [3.63, 3.8) is 0 Å². The lowest BCUT2D eigenvalue weighted by Gasteiger charge is -2.30. The van der Waals surface area contributed by atoms with Gasteiger partial charge in [0, 0.05) is 24.6 Å². The first-order chi connectivity index (χ1) is 12.7. The minimum atomic E-state index is -0.103. The molecule has 1 saturated heterocycles. The molecule has 1 fully saturated rings. The molecule has 1 aliphatic heterocycles. The van der Waals surface area contributed by atoms with Crippen LogP contribution in [0.4, 0.5) is 10.5 Å². The van der Waals surface area contributed by atoms with Gasteiger partial charge in [0.25, 0.3) is 0 Å². The molecular weight excluding hydrogens is 350 g/mol. The summed E-state index contributed by atoms with van der Waals surface area (Å²) in [6.45, 7) is 3.20. The highest BCUT2D eigenvalue weighted by atomic mass is 35.5. The number of likely N-dealkylation sites (tertiary alicyclic amines) is 1. The predicted molar refractivity (Wildman–Crippen MR) is 104 cm³/mol. The van der Waals surface area contributed by atoms with Crippen LogP contribution in [0.25, 0.3) is 0 Å². The lowest BCUT2D eigenvalue weighted by Crippen LogP contribution is -2.38. The van der Waals surface area contributed by atoms with Gasteiger partial charge in [-0.3, -0.25) is 4.98 Å². The van der Waals surface area contributed by atoms with Crippen LogP contribution in [0.3, 0.4) is 0 Å². The Morgan fingerprint density at radius 1 is 1.27 bits per heavy atom. The number of anilines is 1. The number of carbonyl (C=O) groups is 1. The van der Waals surface area contributed by atoms with E-state index in [4.69, 9.17) is 16.3 Å². The van der Waals surface area contributed by atoms with E-state index in [0.29, 0.717) is 23.1 Å². The van der Waals surface area contributed by atoms with Crippen molar-refractivity contribution in [3.05, 3.63) is 53.3 Å². The average molecular weight is 374 g/mol. The molecule has 2 aromatic rings. The number of nitrogens with one attached hydrogen (secondary N) is 1. The molecule has 1 N–H and O–H groups in total. The van der Waals surface area contributed by atoms with Crippen LogP contribution in [0, 0.1) is 0 Å². The van der Waals surface area contributed by atoms with Gasteiger partial charge in [-0.15, -0.1) is 0 Å². The van der Waals surface area contributed by atoms with Crippen molar-refractivity contribution in [2.24, 2.45) is 0 Å². The maximum absolute atomic E-state index is 13.0. The Morgan fingerprint density at radius 3 is 2.81 bits per heavy atom. The summed E-state index contributed by atoms with van der Waals surface area (Å²) in [7, 11) is 0. The molecule has 1 aromatic carbocycles. The molecule has 0 spiro atoms. The van der Waals surface area contributed by atoms with Gasteiger partial charge in [-0.25, -0.2) is 4.79 Å². The van der Waals surface area contributed by atoms with Crippen LogP contribution in [0.1, 0.15) is 44.2 Å². The normalized spacial score (nSPS) is 17.5. The fourth-order valence-electron chi connectivity index (χ4n) is 3.33. The monoisotopic (exact) mass is 373 g/mol. The fourth-order valence-corrected chi connectivity index (χ4v) is 3.57. The lowest BCUT2D eigenvalue weighted by atomic mass is 10.0. The van der Waals surface area contributed by atoms with E-state index in [1.54, 1.807) is 24.5 Å². The Morgan fingerprint density at radius 2 is 2.08 bits per heavy atom. The fraction of sp³-hybridized carbons (Fsp3) is 0.400. The Labute approximate surface area is 159 Å². The molecule has 1 unspecified atom stereocenters. The second-order valence-corrected chi connectivity index (χ2v) is 6.75. The molecule has 0 aliphatic carbocycles. The number of hydrogen-bond donors (Lipinski definition) is 1. The summed E-state index contributed by atoms with van der Waals surface area (Å²) in [5, 5.41) is 3.47. The van der Waals surface area contributed by atoms with Gasteiger partial charge >= 0.3 is 6.03 Å². The average Bonchev–Trinajstić information content (AvgIpc) is 2.91. The Balaban J connectivity index is 1.77. The quantitative estimate of drug-likeness (QED) is 0.792. The van der Waals surface area contributed by atoms with E-state index in [1.807, 2.05) is 30.0 Å². The molecule has 26 heavy (non-hydrogen) atoms. The van der Waals surface area contributed by atoms with Crippen molar-refractivity contribution in [1.29, 1.82) is 0 Å². The van der Waals surface area contributed by atoms with E-state index < -0.39 is 0 Å². The molecule has 2 amide bonds. The zero-order valence-electron chi connectivity index (χ0n) is 15.0. The van der Waals surface area contributed by atoms with E-state index >= 15 is 0 Å². The van der Waals surface area contributed by atoms with E-state index in [9.17, 15) is 4.79 Å². The minimum absolute atomic E-state index is 0.0682. The van der Waals surface area contributed by atoms with Gasteiger partial charge in [0.15, 0.2) is 0 Å². The highest BCUT2D eigenvalue weighted by Crippen LogP contribution is 2.31. The van der Waals surface area contributed by atoms with Crippen LogP contribution < -0.4 is 10.1 Å². The van der Waals surface area contributed by atoms with Gasteiger partial charge in [0.1, 0.15) is 5.75 Å². The number of halogens is 1. The topological polar surface area (TPSA) is 54.5 Å². The third kappa shape index (κ3) is 4.47. The van der Waals surface area contributed by atoms with Gasteiger partial charge in [-0.05, 0) is 55.7 Å². The third-order valence-corrected chi connectivity index (χ3v) is 4.88. The summed E-state index contributed by atoms with van der Waals surface area (Å²) >= 11 is 6.23. The number of carbonyl (C=O) groups excluding carboxylic acids is 1. The summed E-state index contributed by atoms with van der Waals surface area (Å²) in [5.41, 5.74) is 1.79. The number of rotatable bonds is 4. The Hall–Kier alpha value is -2.27.